The summed E-state index contributed by atoms with van der Waals surface area (Å²) in [5.41, 5.74) is 18.5. The van der Waals surface area contributed by atoms with E-state index < -0.39 is 34.6 Å². The minimum atomic E-state index is -1.77. The van der Waals surface area contributed by atoms with Crippen LogP contribution in [0, 0.1) is 40.9 Å². The maximum atomic E-state index is 13.7. The average molecular weight is 1780 g/mol. The van der Waals surface area contributed by atoms with Crippen LogP contribution in [0.4, 0.5) is 44.7 Å². The van der Waals surface area contributed by atoms with Crippen LogP contribution in [-0.2, 0) is 15.2 Å². The zero-order valence-electron chi connectivity index (χ0n) is 56.9. The number of anilines is 3. The van der Waals surface area contributed by atoms with E-state index in [0.29, 0.717) is 102 Å². The number of benzene rings is 9. The largest absolute Gasteiger partial charge is 1.00 e. The fourth-order valence-electron chi connectivity index (χ4n) is 8.62. The molecule has 1 aliphatic heterocycles. The van der Waals surface area contributed by atoms with E-state index in [4.69, 9.17) is 104 Å². The molecule has 1 atom stereocenters. The minimum absolute atomic E-state index is 0. The number of nitrogens with one attached hydrogen (secondary N) is 1. The molecule has 0 spiro atoms. The zero-order valence-corrected chi connectivity index (χ0v) is 68.4. The Morgan fingerprint density at radius 2 is 0.942 bits per heavy atom. The molecule has 0 radical (unpaired) electrons. The number of alkyl halides is 1. The Morgan fingerprint density at radius 3 is 1.41 bits per heavy atom. The Bertz CT molecular complexity index is 4430. The van der Waals surface area contributed by atoms with Crippen molar-refractivity contribution in [3.05, 3.63) is 267 Å². The van der Waals surface area contributed by atoms with Gasteiger partial charge in [-0.2, -0.15) is 0 Å². The van der Waals surface area contributed by atoms with Gasteiger partial charge in [0.1, 0.15) is 63.7 Å². The molecule has 9 aromatic rings. The van der Waals surface area contributed by atoms with Crippen LogP contribution in [0.1, 0.15) is 87.9 Å². The number of rotatable bonds is 17. The third-order valence-electron chi connectivity index (χ3n) is 13.2. The summed E-state index contributed by atoms with van der Waals surface area (Å²) >= 11 is 32.0. The van der Waals surface area contributed by atoms with Gasteiger partial charge in [-0.25, -0.2) is 32.0 Å². The van der Waals surface area contributed by atoms with Gasteiger partial charge >= 0.3 is 51.4 Å². The second kappa shape index (κ2) is 47.4. The quantitative estimate of drug-likeness (QED) is 0.00569. The third kappa shape index (κ3) is 28.0. The summed E-state index contributed by atoms with van der Waals surface area (Å²) in [6.07, 6.45) is 0.453. The summed E-state index contributed by atoms with van der Waals surface area (Å²) in [5, 5.41) is 31.4. The molecule has 1 heterocycles. The van der Waals surface area contributed by atoms with Gasteiger partial charge in [-0.05, 0) is 228 Å². The molecule has 1 unspecified atom stereocenters. The average Bonchev–Trinajstić information content (AvgIpc) is 1.55. The van der Waals surface area contributed by atoms with Gasteiger partial charge < -0.3 is 63.5 Å². The van der Waals surface area contributed by atoms with Crippen molar-refractivity contribution in [2.75, 3.05) is 61.8 Å². The van der Waals surface area contributed by atoms with Gasteiger partial charge in [0, 0.05) is 60.8 Å². The molecular weight excluding hydrogens is 1710 g/mol. The number of phenols is 1. The number of amides is 2. The number of fused-ring (bicyclic) bond motifs is 1. The number of nitrogens with zero attached hydrogens (tertiary/aromatic N) is 3. The molecule has 18 nitrogen and oxygen atoms in total. The first-order valence-electron chi connectivity index (χ1n) is 30.1. The minimum Gasteiger partial charge on any atom is -0.512 e. The molecule has 0 saturated heterocycles. The van der Waals surface area contributed by atoms with Crippen molar-refractivity contribution in [1.29, 1.82) is 5.26 Å². The number of aliphatic hydroxyl groups is 1. The Morgan fingerprint density at radius 1 is 0.558 bits per heavy atom. The Hall–Kier alpha value is -7.12. The van der Waals surface area contributed by atoms with Crippen LogP contribution in [0.2, 0.25) is 20.1 Å². The SMILES string of the molecule is CCI.CCOc1ccc(F)cc1Br.CCOc1ccc(F)cc1C(=O)c1cc(Cl)ccc1N.CCOc1ccc(F)cc1C(=O)c1cc(Cl)ccc1NC=O.CCOc1ccc(F)cc1C1(O)C(N)=Nc2ccc(Cl)cc21.CON(C)C(=O)c1cc(Cl)ccc1N.Oc1ccc(F)cc1Br.[C-]#N.[K+]. The summed E-state index contributed by atoms with van der Waals surface area (Å²) < 4.78 is 88.9. The fourth-order valence-corrected chi connectivity index (χ4v) is 10.1. The monoisotopic (exact) mass is 1780 g/mol. The van der Waals surface area contributed by atoms with Gasteiger partial charge in [-0.1, -0.05) is 75.9 Å². The van der Waals surface area contributed by atoms with E-state index in [0.717, 1.165) is 17.2 Å². The van der Waals surface area contributed by atoms with E-state index in [1.807, 2.05) is 6.92 Å². The number of aromatic hydroxyl groups is 1. The number of ether oxygens (including phenoxy) is 4. The Balaban J connectivity index is 0.000000427. The topological polar surface area (TPSA) is 284 Å². The van der Waals surface area contributed by atoms with Crippen LogP contribution in [-0.4, -0.2) is 90.0 Å². The van der Waals surface area contributed by atoms with Gasteiger partial charge in [0.15, 0.2) is 17.2 Å². The summed E-state index contributed by atoms with van der Waals surface area (Å²) in [4.78, 5) is 56.3. The maximum absolute atomic E-state index is 13.7. The first kappa shape index (κ1) is 93.0. The summed E-state index contributed by atoms with van der Waals surface area (Å²) in [6.45, 7) is 15.8. The molecule has 0 aromatic heterocycles. The number of hydrogen-bond donors (Lipinski definition) is 6. The van der Waals surface area contributed by atoms with E-state index in [1.54, 1.807) is 69.3 Å². The predicted octanol–water partition coefficient (Wildman–Crippen LogP) is 15.9. The van der Waals surface area contributed by atoms with Crippen molar-refractivity contribution >= 4 is 153 Å². The van der Waals surface area contributed by atoms with Crippen molar-refractivity contribution < 1.29 is 127 Å². The predicted molar refractivity (Wildman–Crippen MR) is 408 cm³/mol. The van der Waals surface area contributed by atoms with Gasteiger partial charge in [-0.3, -0.25) is 24.0 Å². The molecule has 31 heteroatoms. The molecule has 0 fully saturated rings. The van der Waals surface area contributed by atoms with E-state index in [1.165, 1.54) is 122 Å². The van der Waals surface area contributed by atoms with Crippen LogP contribution in [0.15, 0.2) is 178 Å². The molecular formula is C73H68Br2Cl4F5IKN7O11. The van der Waals surface area contributed by atoms with Crippen LogP contribution in [0.3, 0.4) is 0 Å². The number of ketones is 2. The fraction of sp³-hybridized carbons (Fsp3) is 0.178. The summed E-state index contributed by atoms with van der Waals surface area (Å²) in [6, 6.07) is 38.1. The molecule has 0 bridgehead atoms. The standard InChI is InChI=1S/C16H14ClFN2O2.C16H13ClFNO3.C15H13ClFNO2.C9H11ClN2O2.C8H8BrFO.C6H4BrFO.C2H5I.CN.K/c1-2-22-14-6-4-10(18)8-12(14)16(21)11-7-9(17)3-5-13(11)20-15(16)19;1-2-22-15-6-4-11(18)8-13(15)16(21)12-7-10(17)3-5-14(12)19-9-20;1-2-20-14-6-4-10(17)8-12(14)15(19)11-7-9(16)3-5-13(11)18;1-12(14-2)9(13)7-5-6(10)3-4-8(7)11;1-2-11-8-4-3-6(10)5-7(8)9;7-5-3-4(8)1-2-6(5)9;1-2-3;1-2;/h3-8,21H,2H2,1H3,(H2,19,20);3-9H,2H2,1H3,(H,19,20);3-8H,2,18H2,1H3;3-5H,11H2,1-2H3;3-5H,2H2,1H3;1-3,9H;2H2,1H3;;/q;;;;;;;-1;+1. The van der Waals surface area contributed by atoms with Crippen molar-refractivity contribution in [2.45, 2.75) is 40.2 Å². The van der Waals surface area contributed by atoms with Crippen molar-refractivity contribution in [3.8, 4) is 28.7 Å². The number of carbonyl (C=O) groups is 4. The van der Waals surface area contributed by atoms with E-state index in [2.05, 4.69) is 71.7 Å². The number of phenolic OH excluding ortho intramolecular Hbond substituents is 1. The van der Waals surface area contributed by atoms with Gasteiger partial charge in [0.2, 0.25) is 6.41 Å². The smallest absolute Gasteiger partial charge is 0.512 e. The van der Waals surface area contributed by atoms with Crippen LogP contribution in [0.5, 0.6) is 28.7 Å². The maximum Gasteiger partial charge on any atom is 1.00 e. The van der Waals surface area contributed by atoms with Crippen molar-refractivity contribution in [1.82, 2.24) is 5.06 Å². The number of nitrogen functional groups attached to an aromatic ring is 2. The first-order valence-corrected chi connectivity index (χ1v) is 34.8. The molecule has 9 N–H and O–H groups in total. The van der Waals surface area contributed by atoms with Crippen LogP contribution < -0.4 is 92.8 Å². The molecule has 9 aromatic carbocycles. The number of amidine groups is 1. The van der Waals surface area contributed by atoms with Gasteiger partial charge in [0.25, 0.3) is 5.91 Å². The number of aliphatic imine (C=N–C) groups is 1. The molecule has 10 rings (SSSR count). The molecule has 104 heavy (non-hydrogen) atoms. The van der Waals surface area contributed by atoms with Gasteiger partial charge in [0.05, 0.1) is 70.5 Å². The first-order chi connectivity index (χ1) is 49.0. The number of halogens is 12. The normalized spacial score (nSPS) is 11.7. The van der Waals surface area contributed by atoms with E-state index >= 15 is 0 Å². The van der Waals surface area contributed by atoms with E-state index in [-0.39, 0.29) is 125 Å². The van der Waals surface area contributed by atoms with Crippen LogP contribution in [0.25, 0.3) is 0 Å². The van der Waals surface area contributed by atoms with Crippen molar-refractivity contribution in [2.24, 2.45) is 10.7 Å². The summed E-state index contributed by atoms with van der Waals surface area (Å²) in [5.74, 6) is -1.83. The Kier molecular flexibility index (Phi) is 42.4. The Labute approximate surface area is 691 Å². The second-order valence-electron chi connectivity index (χ2n) is 20.0. The molecule has 0 aliphatic carbocycles. The van der Waals surface area contributed by atoms with E-state index in [9.17, 15) is 46.2 Å². The number of nitrogens with two attached hydrogens (primary N) is 3. The summed E-state index contributed by atoms with van der Waals surface area (Å²) in [7, 11) is 2.90. The molecule has 2 amide bonds. The number of hydrogen-bond acceptors (Lipinski definition) is 16. The molecule has 0 saturated carbocycles. The number of carbonyl (C=O) groups excluding carboxylic acids is 4. The van der Waals surface area contributed by atoms with Crippen molar-refractivity contribution in [3.63, 3.8) is 0 Å². The van der Waals surface area contributed by atoms with Gasteiger partial charge in [-0.15, -0.1) is 0 Å². The third-order valence-corrected chi connectivity index (χ3v) is 15.4. The van der Waals surface area contributed by atoms with Crippen LogP contribution >= 0.6 is 101 Å². The zero-order chi connectivity index (χ0) is 77.3. The molecule has 1 aliphatic rings. The molecule has 546 valence electrons. The second-order valence-corrected chi connectivity index (χ2v) is 25.0. The number of hydroxylamine groups is 2.